The van der Waals surface area contributed by atoms with E-state index in [1.54, 1.807) is 0 Å². The van der Waals surface area contributed by atoms with Gasteiger partial charge in [0.05, 0.1) is 6.10 Å². The molecule has 3 N–H and O–H groups in total. The predicted molar refractivity (Wildman–Crippen MR) is 107 cm³/mol. The van der Waals surface area contributed by atoms with Crippen molar-refractivity contribution in [3.05, 3.63) is 35.9 Å². The van der Waals surface area contributed by atoms with Crippen LogP contribution in [0, 0.1) is 0 Å². The Balaban J connectivity index is 2.30. The van der Waals surface area contributed by atoms with E-state index in [4.69, 9.17) is 4.74 Å². The number of nitrogens with one attached hydrogen (secondary N) is 3. The molecule has 1 amide bonds. The van der Waals surface area contributed by atoms with Crippen molar-refractivity contribution in [2.75, 3.05) is 26.2 Å². The predicted octanol–water partition coefficient (Wildman–Crippen LogP) is 2.62. The summed E-state index contributed by atoms with van der Waals surface area (Å²) in [7, 11) is 0. The number of benzene rings is 1. The van der Waals surface area contributed by atoms with E-state index in [1.807, 2.05) is 45.9 Å². The van der Waals surface area contributed by atoms with Gasteiger partial charge in [-0.05, 0) is 46.6 Å². The fraction of sp³-hybridized carbons (Fsp3) is 0.600. The van der Waals surface area contributed by atoms with Crippen molar-refractivity contribution in [3.8, 4) is 0 Å². The molecule has 0 aliphatic heterocycles. The zero-order valence-electron chi connectivity index (χ0n) is 16.8. The van der Waals surface area contributed by atoms with Crippen LogP contribution in [0.1, 0.15) is 52.7 Å². The van der Waals surface area contributed by atoms with Crippen LogP contribution in [0.25, 0.3) is 0 Å². The topological polar surface area (TPSA) is 74.8 Å². The molecular weight excluding hydrogens is 328 g/mol. The maximum Gasteiger partial charge on any atom is 0.242 e. The van der Waals surface area contributed by atoms with Gasteiger partial charge in [0.2, 0.25) is 5.91 Å². The summed E-state index contributed by atoms with van der Waals surface area (Å²) in [4.78, 5) is 16.2. The lowest BCUT2D eigenvalue weighted by molar-refractivity contribution is -0.121. The quantitative estimate of drug-likeness (QED) is 0.359. The molecule has 0 radical (unpaired) electrons. The molecule has 0 heterocycles. The molecule has 1 aromatic rings. The summed E-state index contributed by atoms with van der Waals surface area (Å²) in [6, 6.07) is 10.2. The SMILES string of the molecule is CCNC(=NCC(=O)NC(C)(C)C)NCCCOC(C)c1ccccc1. The van der Waals surface area contributed by atoms with E-state index in [-0.39, 0.29) is 24.1 Å². The van der Waals surface area contributed by atoms with Gasteiger partial charge in [0.25, 0.3) is 0 Å². The van der Waals surface area contributed by atoms with Crippen LogP contribution in [0.4, 0.5) is 0 Å². The van der Waals surface area contributed by atoms with Crippen LogP contribution in [0.15, 0.2) is 35.3 Å². The number of hydrogen-bond donors (Lipinski definition) is 3. The first-order valence-corrected chi connectivity index (χ1v) is 9.31. The number of guanidine groups is 1. The van der Waals surface area contributed by atoms with E-state index in [0.717, 1.165) is 19.5 Å². The summed E-state index contributed by atoms with van der Waals surface area (Å²) in [5, 5.41) is 9.28. The largest absolute Gasteiger partial charge is 0.374 e. The standard InChI is InChI=1S/C20H34N4O2/c1-6-21-19(23-15-18(25)24-20(3,4)5)22-13-10-14-26-16(2)17-11-8-7-9-12-17/h7-9,11-12,16H,6,10,13-15H2,1-5H3,(H,24,25)(H2,21,22,23). The van der Waals surface area contributed by atoms with Crippen LogP contribution >= 0.6 is 0 Å². The zero-order valence-corrected chi connectivity index (χ0v) is 16.8. The second-order valence-corrected chi connectivity index (χ2v) is 7.20. The molecule has 0 aromatic heterocycles. The van der Waals surface area contributed by atoms with Crippen LogP contribution in [0.3, 0.4) is 0 Å². The Hall–Kier alpha value is -2.08. The fourth-order valence-corrected chi connectivity index (χ4v) is 2.31. The molecule has 0 aliphatic carbocycles. The summed E-state index contributed by atoms with van der Waals surface area (Å²) in [6.45, 7) is 12.2. The van der Waals surface area contributed by atoms with Crippen molar-refractivity contribution in [1.29, 1.82) is 0 Å². The van der Waals surface area contributed by atoms with Crippen LogP contribution < -0.4 is 16.0 Å². The molecule has 0 spiro atoms. The minimum Gasteiger partial charge on any atom is -0.374 e. The second kappa shape index (κ2) is 11.5. The molecular formula is C20H34N4O2. The number of amides is 1. The third-order valence-electron chi connectivity index (χ3n) is 3.49. The Kier molecular flexibility index (Phi) is 9.73. The van der Waals surface area contributed by atoms with E-state index in [1.165, 1.54) is 5.56 Å². The molecule has 0 fully saturated rings. The van der Waals surface area contributed by atoms with Gasteiger partial charge in [0, 0.05) is 25.2 Å². The molecule has 0 aliphatic rings. The number of carbonyl (C=O) groups excluding carboxylic acids is 1. The molecule has 6 heteroatoms. The van der Waals surface area contributed by atoms with Crippen LogP contribution in [-0.2, 0) is 9.53 Å². The van der Waals surface area contributed by atoms with E-state index < -0.39 is 0 Å². The van der Waals surface area contributed by atoms with E-state index in [9.17, 15) is 4.79 Å². The van der Waals surface area contributed by atoms with Gasteiger partial charge in [-0.3, -0.25) is 4.79 Å². The number of nitrogens with zero attached hydrogens (tertiary/aromatic N) is 1. The Bertz CT molecular complexity index is 553. The Labute approximate surface area is 157 Å². The highest BCUT2D eigenvalue weighted by molar-refractivity contribution is 5.85. The lowest BCUT2D eigenvalue weighted by Gasteiger charge is -2.20. The highest BCUT2D eigenvalue weighted by Gasteiger charge is 2.13. The van der Waals surface area contributed by atoms with Crippen molar-refractivity contribution >= 4 is 11.9 Å². The van der Waals surface area contributed by atoms with E-state index in [0.29, 0.717) is 12.6 Å². The van der Waals surface area contributed by atoms with Gasteiger partial charge >= 0.3 is 0 Å². The summed E-state index contributed by atoms with van der Waals surface area (Å²) in [5.41, 5.74) is 0.936. The maximum absolute atomic E-state index is 11.9. The molecule has 146 valence electrons. The average molecular weight is 363 g/mol. The molecule has 1 rings (SSSR count). The third kappa shape index (κ3) is 10.0. The van der Waals surface area contributed by atoms with Gasteiger partial charge in [0.15, 0.2) is 5.96 Å². The number of ether oxygens (including phenoxy) is 1. The first-order chi connectivity index (χ1) is 12.3. The lowest BCUT2D eigenvalue weighted by Crippen LogP contribution is -2.43. The molecule has 0 bridgehead atoms. The van der Waals surface area contributed by atoms with E-state index >= 15 is 0 Å². The Morgan fingerprint density at radius 2 is 1.88 bits per heavy atom. The van der Waals surface area contributed by atoms with Crippen LogP contribution in [-0.4, -0.2) is 43.6 Å². The monoisotopic (exact) mass is 362 g/mol. The van der Waals surface area contributed by atoms with Gasteiger partial charge in [0.1, 0.15) is 6.54 Å². The van der Waals surface area contributed by atoms with Gasteiger partial charge < -0.3 is 20.7 Å². The Morgan fingerprint density at radius 3 is 2.50 bits per heavy atom. The smallest absolute Gasteiger partial charge is 0.242 e. The molecule has 26 heavy (non-hydrogen) atoms. The lowest BCUT2D eigenvalue weighted by atomic mass is 10.1. The first-order valence-electron chi connectivity index (χ1n) is 9.31. The number of aliphatic imine (C=N–C) groups is 1. The van der Waals surface area contributed by atoms with Gasteiger partial charge in [-0.25, -0.2) is 4.99 Å². The summed E-state index contributed by atoms with van der Waals surface area (Å²) >= 11 is 0. The third-order valence-corrected chi connectivity index (χ3v) is 3.49. The van der Waals surface area contributed by atoms with Crippen molar-refractivity contribution in [2.24, 2.45) is 4.99 Å². The van der Waals surface area contributed by atoms with Crippen molar-refractivity contribution in [1.82, 2.24) is 16.0 Å². The summed E-state index contributed by atoms with van der Waals surface area (Å²) < 4.78 is 5.86. The highest BCUT2D eigenvalue weighted by atomic mass is 16.5. The number of hydrogen-bond acceptors (Lipinski definition) is 3. The maximum atomic E-state index is 11.9. The van der Waals surface area contributed by atoms with Gasteiger partial charge in [-0.1, -0.05) is 30.3 Å². The summed E-state index contributed by atoms with van der Waals surface area (Å²) in [6.07, 6.45) is 0.940. The molecule has 0 saturated carbocycles. The molecule has 1 atom stereocenters. The summed E-state index contributed by atoms with van der Waals surface area (Å²) in [5.74, 6) is 0.558. The first kappa shape index (κ1) is 22.0. The number of rotatable bonds is 9. The Morgan fingerprint density at radius 1 is 1.19 bits per heavy atom. The van der Waals surface area contributed by atoms with Gasteiger partial charge in [-0.2, -0.15) is 0 Å². The molecule has 6 nitrogen and oxygen atoms in total. The van der Waals surface area contributed by atoms with E-state index in [2.05, 4.69) is 40.0 Å². The van der Waals surface area contributed by atoms with Crippen LogP contribution in [0.2, 0.25) is 0 Å². The minimum atomic E-state index is -0.245. The van der Waals surface area contributed by atoms with Crippen molar-refractivity contribution in [2.45, 2.75) is 52.7 Å². The average Bonchev–Trinajstić information content (AvgIpc) is 2.58. The minimum absolute atomic E-state index is 0.0826. The van der Waals surface area contributed by atoms with Gasteiger partial charge in [-0.15, -0.1) is 0 Å². The fourth-order valence-electron chi connectivity index (χ4n) is 2.31. The number of carbonyl (C=O) groups is 1. The van der Waals surface area contributed by atoms with Crippen molar-refractivity contribution in [3.63, 3.8) is 0 Å². The second-order valence-electron chi connectivity index (χ2n) is 7.20. The zero-order chi connectivity index (χ0) is 19.4. The van der Waals surface area contributed by atoms with Crippen molar-refractivity contribution < 1.29 is 9.53 Å². The normalized spacial score (nSPS) is 13.2. The molecule has 1 aromatic carbocycles. The molecule has 0 saturated heterocycles. The molecule has 1 unspecified atom stereocenters. The van der Waals surface area contributed by atoms with Crippen LogP contribution in [0.5, 0.6) is 0 Å². The highest BCUT2D eigenvalue weighted by Crippen LogP contribution is 2.15.